The summed E-state index contributed by atoms with van der Waals surface area (Å²) in [6.07, 6.45) is 2.59. The zero-order chi connectivity index (χ0) is 12.4. The minimum Gasteiger partial charge on any atom is -0.469 e. The van der Waals surface area contributed by atoms with Crippen molar-refractivity contribution in [2.24, 2.45) is 0 Å². The molecule has 4 heteroatoms. The van der Waals surface area contributed by atoms with Crippen molar-refractivity contribution in [1.82, 2.24) is 4.98 Å². The van der Waals surface area contributed by atoms with Crippen LogP contribution >= 0.6 is 0 Å². The molecule has 3 aromatic rings. The fourth-order valence-corrected chi connectivity index (χ4v) is 2.00. The van der Waals surface area contributed by atoms with Crippen molar-refractivity contribution in [3.8, 4) is 0 Å². The predicted octanol–water partition coefficient (Wildman–Crippen LogP) is 1.66. The van der Waals surface area contributed by atoms with Crippen molar-refractivity contribution < 1.29 is 9.44 Å². The minimum absolute atomic E-state index is 0.472. The van der Waals surface area contributed by atoms with E-state index < -0.39 is 0 Å². The van der Waals surface area contributed by atoms with Crippen molar-refractivity contribution in [2.45, 2.75) is 6.42 Å². The molecule has 1 radical (unpaired) electrons. The average Bonchev–Trinajstić information content (AvgIpc) is 2.82. The molecule has 18 heavy (non-hydrogen) atoms. The Labute approximate surface area is 105 Å². The highest BCUT2D eigenvalue weighted by molar-refractivity contribution is 6.44. The number of nitrogens with zero attached hydrogens (tertiary/aromatic N) is 1. The van der Waals surface area contributed by atoms with E-state index in [4.69, 9.17) is 9.44 Å². The molecule has 87 valence electrons. The Bertz CT molecular complexity index is 664. The van der Waals surface area contributed by atoms with Crippen molar-refractivity contribution in [2.75, 3.05) is 0 Å². The van der Waals surface area contributed by atoms with E-state index in [0.29, 0.717) is 5.66 Å². The summed E-state index contributed by atoms with van der Waals surface area (Å²) in [7, 11) is 0.971. The maximum absolute atomic E-state index is 8.91. The van der Waals surface area contributed by atoms with Crippen LogP contribution in [0, 0.1) is 0 Å². The maximum Gasteiger partial charge on any atom is 0.373 e. The lowest BCUT2D eigenvalue weighted by Gasteiger charge is -2.00. The molecule has 3 nitrogen and oxygen atoms in total. The molecule has 0 saturated heterocycles. The summed E-state index contributed by atoms with van der Waals surface area (Å²) in [5, 5.41) is 9.90. The van der Waals surface area contributed by atoms with E-state index in [1.54, 1.807) is 6.20 Å². The van der Waals surface area contributed by atoms with Gasteiger partial charge < -0.3 is 9.44 Å². The highest BCUT2D eigenvalue weighted by Crippen LogP contribution is 2.17. The van der Waals surface area contributed by atoms with E-state index in [1.807, 2.05) is 36.4 Å². The molecule has 2 heterocycles. The van der Waals surface area contributed by atoms with Gasteiger partial charge in [-0.2, -0.15) is 0 Å². The second-order valence-electron chi connectivity index (χ2n) is 4.15. The van der Waals surface area contributed by atoms with E-state index in [0.717, 1.165) is 30.6 Å². The molecule has 1 N–H and O–H groups in total. The van der Waals surface area contributed by atoms with Gasteiger partial charge in [-0.25, -0.2) is 0 Å². The third-order valence-electron chi connectivity index (χ3n) is 2.84. The standard InChI is InChI=1S/C14H11BNO2/c17-15-14-9-11-7-10(4-5-13(11)18-14)8-12-3-1-2-6-16-12/h1-7,9,17H,8H2. The third kappa shape index (κ3) is 2.15. The predicted molar refractivity (Wildman–Crippen MR) is 70.9 cm³/mol. The number of rotatable bonds is 3. The molecule has 0 spiro atoms. The summed E-state index contributed by atoms with van der Waals surface area (Å²) in [6, 6.07) is 13.7. The van der Waals surface area contributed by atoms with Crippen LogP contribution in [0.2, 0.25) is 0 Å². The number of aromatic nitrogens is 1. The van der Waals surface area contributed by atoms with Gasteiger partial charge in [-0.15, -0.1) is 0 Å². The van der Waals surface area contributed by atoms with Gasteiger partial charge in [0, 0.05) is 23.7 Å². The number of hydrogen-bond acceptors (Lipinski definition) is 3. The van der Waals surface area contributed by atoms with Crippen molar-refractivity contribution in [3.63, 3.8) is 0 Å². The molecular weight excluding hydrogens is 225 g/mol. The lowest BCUT2D eigenvalue weighted by atomic mass is 9.97. The monoisotopic (exact) mass is 236 g/mol. The number of furan rings is 1. The van der Waals surface area contributed by atoms with Crippen LogP contribution in [0.15, 0.2) is 53.1 Å². The van der Waals surface area contributed by atoms with Crippen LogP contribution in [0.1, 0.15) is 11.3 Å². The summed E-state index contributed by atoms with van der Waals surface area (Å²) in [6.45, 7) is 0. The number of benzene rings is 1. The Morgan fingerprint density at radius 3 is 2.89 bits per heavy atom. The Kier molecular flexibility index (Phi) is 2.86. The molecule has 0 aliphatic heterocycles. The summed E-state index contributed by atoms with van der Waals surface area (Å²) in [4.78, 5) is 4.31. The first-order valence-corrected chi connectivity index (χ1v) is 5.75. The van der Waals surface area contributed by atoms with E-state index in [9.17, 15) is 0 Å². The van der Waals surface area contributed by atoms with Gasteiger partial charge in [0.1, 0.15) is 5.58 Å². The van der Waals surface area contributed by atoms with Crippen LogP contribution in [0.5, 0.6) is 0 Å². The molecule has 0 atom stereocenters. The summed E-state index contributed by atoms with van der Waals surface area (Å²) in [5.41, 5.74) is 3.46. The summed E-state index contributed by atoms with van der Waals surface area (Å²) < 4.78 is 5.40. The molecule has 0 aliphatic carbocycles. The highest BCUT2D eigenvalue weighted by atomic mass is 16.3. The van der Waals surface area contributed by atoms with Gasteiger partial charge in [-0.05, 0) is 35.9 Å². The van der Waals surface area contributed by atoms with Gasteiger partial charge in [0.25, 0.3) is 0 Å². The Balaban J connectivity index is 1.93. The first-order chi connectivity index (χ1) is 8.85. The quantitative estimate of drug-likeness (QED) is 0.703. The minimum atomic E-state index is 0.472. The second kappa shape index (κ2) is 4.66. The van der Waals surface area contributed by atoms with Gasteiger partial charge in [-0.1, -0.05) is 12.1 Å². The van der Waals surface area contributed by atoms with Gasteiger partial charge >= 0.3 is 7.48 Å². The molecule has 0 unspecified atom stereocenters. The number of pyridine rings is 1. The van der Waals surface area contributed by atoms with Crippen molar-refractivity contribution in [3.05, 3.63) is 59.9 Å². The molecule has 0 amide bonds. The van der Waals surface area contributed by atoms with Crippen LogP contribution in [-0.2, 0) is 6.42 Å². The molecule has 0 fully saturated rings. The Hall–Kier alpha value is -2.07. The fourth-order valence-electron chi connectivity index (χ4n) is 2.00. The summed E-state index contributed by atoms with van der Waals surface area (Å²) >= 11 is 0. The lowest BCUT2D eigenvalue weighted by Crippen LogP contribution is -2.08. The SMILES string of the molecule is O[B]c1cc2cc(Cc3ccccn3)ccc2o1. The zero-order valence-corrected chi connectivity index (χ0v) is 9.71. The normalized spacial score (nSPS) is 10.7. The maximum atomic E-state index is 8.91. The van der Waals surface area contributed by atoms with E-state index in [-0.39, 0.29) is 0 Å². The van der Waals surface area contributed by atoms with Gasteiger partial charge in [0.05, 0.1) is 5.66 Å². The van der Waals surface area contributed by atoms with Crippen LogP contribution in [0.3, 0.4) is 0 Å². The first-order valence-electron chi connectivity index (χ1n) is 5.75. The van der Waals surface area contributed by atoms with Crippen LogP contribution in [0.25, 0.3) is 11.0 Å². The fraction of sp³-hybridized carbons (Fsp3) is 0.0714. The van der Waals surface area contributed by atoms with Gasteiger partial charge in [0.15, 0.2) is 0 Å². The third-order valence-corrected chi connectivity index (χ3v) is 2.84. The molecule has 3 rings (SSSR count). The first kappa shape index (κ1) is 11.0. The van der Waals surface area contributed by atoms with Gasteiger partial charge in [0.2, 0.25) is 0 Å². The smallest absolute Gasteiger partial charge is 0.373 e. The molecule has 1 aromatic carbocycles. The Morgan fingerprint density at radius 1 is 1.17 bits per heavy atom. The van der Waals surface area contributed by atoms with Crippen molar-refractivity contribution in [1.29, 1.82) is 0 Å². The van der Waals surface area contributed by atoms with Crippen LogP contribution in [0.4, 0.5) is 0 Å². The number of hydrogen-bond donors (Lipinski definition) is 1. The average molecular weight is 236 g/mol. The molecule has 2 aromatic heterocycles. The topological polar surface area (TPSA) is 46.3 Å². The molecule has 0 bridgehead atoms. The second-order valence-corrected chi connectivity index (χ2v) is 4.15. The van der Waals surface area contributed by atoms with E-state index in [2.05, 4.69) is 11.1 Å². The molecule has 0 saturated carbocycles. The largest absolute Gasteiger partial charge is 0.469 e. The van der Waals surface area contributed by atoms with E-state index in [1.165, 1.54) is 5.56 Å². The number of fused-ring (bicyclic) bond motifs is 1. The molecular formula is C14H11BNO2. The van der Waals surface area contributed by atoms with Crippen LogP contribution in [-0.4, -0.2) is 17.5 Å². The molecule has 0 aliphatic rings. The zero-order valence-electron chi connectivity index (χ0n) is 9.71. The van der Waals surface area contributed by atoms with Gasteiger partial charge in [-0.3, -0.25) is 4.98 Å². The highest BCUT2D eigenvalue weighted by Gasteiger charge is 2.05. The Morgan fingerprint density at radius 2 is 2.11 bits per heavy atom. The summed E-state index contributed by atoms with van der Waals surface area (Å²) in [5.74, 6) is 0. The van der Waals surface area contributed by atoms with Crippen molar-refractivity contribution >= 4 is 24.1 Å². The lowest BCUT2D eigenvalue weighted by molar-refractivity contribution is 0.584. The van der Waals surface area contributed by atoms with Crippen LogP contribution < -0.4 is 5.66 Å². The van der Waals surface area contributed by atoms with E-state index >= 15 is 0 Å².